The van der Waals surface area contributed by atoms with Crippen LogP contribution in [0, 0.1) is 6.92 Å². The van der Waals surface area contributed by atoms with Gasteiger partial charge in [0, 0.05) is 36.5 Å². The van der Waals surface area contributed by atoms with Crippen molar-refractivity contribution in [1.82, 2.24) is 25.2 Å². The molecule has 0 spiro atoms. The molecule has 11 heteroatoms. The van der Waals surface area contributed by atoms with E-state index < -0.39 is 9.84 Å². The van der Waals surface area contributed by atoms with Crippen LogP contribution in [0.2, 0.25) is 0 Å². The van der Waals surface area contributed by atoms with E-state index in [1.807, 2.05) is 34.6 Å². The first kappa shape index (κ1) is 28.3. The average Bonchev–Trinajstić information content (AvgIpc) is 3.73. The van der Waals surface area contributed by atoms with E-state index in [2.05, 4.69) is 26.8 Å². The number of hydrogen-bond acceptors (Lipinski definition) is 9. The highest BCUT2D eigenvalue weighted by molar-refractivity contribution is 7.90. The predicted molar refractivity (Wildman–Crippen MR) is 152 cm³/mol. The fourth-order valence-electron chi connectivity index (χ4n) is 4.30. The molecule has 2 aliphatic rings. The summed E-state index contributed by atoms with van der Waals surface area (Å²) in [7, 11) is -3.39. The highest BCUT2D eigenvalue weighted by Crippen LogP contribution is 2.42. The molecule has 1 atom stereocenters. The molecule has 206 valence electrons. The number of aliphatic imine (C=N–C) groups is 2. The number of hydrogen-bond donors (Lipinski definition) is 1. The van der Waals surface area contributed by atoms with Crippen molar-refractivity contribution in [2.75, 3.05) is 6.26 Å². The van der Waals surface area contributed by atoms with E-state index in [0.717, 1.165) is 41.6 Å². The number of carbonyl (C=O) groups excluding carboxylic acids is 1. The van der Waals surface area contributed by atoms with Crippen LogP contribution in [0.4, 0.5) is 0 Å². The van der Waals surface area contributed by atoms with Gasteiger partial charge in [0.1, 0.15) is 12.0 Å². The quantitative estimate of drug-likeness (QED) is 0.528. The first-order valence-electron chi connectivity index (χ1n) is 13.0. The van der Waals surface area contributed by atoms with Crippen molar-refractivity contribution >= 4 is 33.1 Å². The van der Waals surface area contributed by atoms with Gasteiger partial charge in [0.25, 0.3) is 5.91 Å². The van der Waals surface area contributed by atoms with E-state index in [0.29, 0.717) is 35.1 Å². The van der Waals surface area contributed by atoms with Crippen molar-refractivity contribution in [2.45, 2.75) is 77.4 Å². The van der Waals surface area contributed by atoms with E-state index in [4.69, 9.17) is 9.98 Å². The Labute approximate surface area is 230 Å². The first-order chi connectivity index (χ1) is 18.4. The maximum absolute atomic E-state index is 13.8. The number of aromatic nitrogens is 3. The van der Waals surface area contributed by atoms with Crippen LogP contribution in [0.5, 0.6) is 0 Å². The maximum atomic E-state index is 13.8. The Balaban J connectivity index is 1.70. The van der Waals surface area contributed by atoms with Crippen molar-refractivity contribution in [2.24, 2.45) is 9.98 Å². The summed E-state index contributed by atoms with van der Waals surface area (Å²) in [5.74, 6) is 0.718. The zero-order valence-corrected chi connectivity index (χ0v) is 24.1. The molecule has 1 aliphatic heterocycles. The molecule has 3 heterocycles. The predicted octanol–water partition coefficient (Wildman–Crippen LogP) is 3.95. The highest BCUT2D eigenvalue weighted by Gasteiger charge is 2.36. The van der Waals surface area contributed by atoms with Crippen LogP contribution in [-0.4, -0.2) is 58.1 Å². The fourth-order valence-corrected chi connectivity index (χ4v) is 4.86. The molecule has 0 unspecified atom stereocenters. The normalized spacial score (nSPS) is 17.7. The average molecular weight is 550 g/mol. The monoisotopic (exact) mass is 549 g/mol. The largest absolute Gasteiger partial charge is 0.361 e. The minimum Gasteiger partial charge on any atom is -0.361 e. The molecule has 0 saturated heterocycles. The van der Waals surface area contributed by atoms with Crippen molar-refractivity contribution in [3.05, 3.63) is 65.0 Å². The second-order valence-corrected chi connectivity index (χ2v) is 12.2. The van der Waals surface area contributed by atoms with Gasteiger partial charge in [0.05, 0.1) is 17.1 Å². The van der Waals surface area contributed by atoms with Crippen molar-refractivity contribution < 1.29 is 13.2 Å². The Morgan fingerprint density at radius 1 is 1.23 bits per heavy atom. The molecule has 1 fully saturated rings. The first-order valence-corrected chi connectivity index (χ1v) is 14.9. The zero-order chi connectivity index (χ0) is 28.5. The van der Waals surface area contributed by atoms with Crippen LogP contribution >= 0.6 is 0 Å². The summed E-state index contributed by atoms with van der Waals surface area (Å²) in [5, 5.41) is 3.12. The van der Waals surface area contributed by atoms with Gasteiger partial charge in [-0.3, -0.25) is 9.69 Å². The van der Waals surface area contributed by atoms with E-state index >= 15 is 0 Å². The van der Waals surface area contributed by atoms with Crippen LogP contribution in [-0.2, 0) is 21.2 Å². The van der Waals surface area contributed by atoms with Gasteiger partial charge in [-0.15, -0.1) is 0 Å². The molecule has 4 rings (SSSR count). The summed E-state index contributed by atoms with van der Waals surface area (Å²) in [6.07, 6.45) is 7.03. The van der Waals surface area contributed by atoms with E-state index in [9.17, 15) is 13.2 Å². The number of amides is 1. The van der Waals surface area contributed by atoms with Crippen molar-refractivity contribution in [1.29, 1.82) is 0 Å². The number of nitrogens with zero attached hydrogens (tertiary/aromatic N) is 6. The number of aryl methyl sites for hydroxylation is 1. The Kier molecular flexibility index (Phi) is 8.10. The summed E-state index contributed by atoms with van der Waals surface area (Å²) in [4.78, 5) is 38.0. The molecule has 1 saturated carbocycles. The second-order valence-electron chi connectivity index (χ2n) is 10.2. The van der Waals surface area contributed by atoms with Crippen LogP contribution in [0.3, 0.4) is 0 Å². The van der Waals surface area contributed by atoms with Crippen LogP contribution in [0.15, 0.2) is 57.5 Å². The van der Waals surface area contributed by atoms with Gasteiger partial charge in [-0.05, 0) is 64.2 Å². The van der Waals surface area contributed by atoms with Gasteiger partial charge in [0.2, 0.25) is 0 Å². The minimum absolute atomic E-state index is 0.00270. The van der Waals surface area contributed by atoms with Crippen molar-refractivity contribution in [3.8, 4) is 0 Å². The molecule has 1 aliphatic carbocycles. The summed E-state index contributed by atoms with van der Waals surface area (Å²) >= 11 is 0. The summed E-state index contributed by atoms with van der Waals surface area (Å²) < 4.78 is 23.4. The molecule has 10 nitrogen and oxygen atoms in total. The Hall–Kier alpha value is -3.73. The lowest BCUT2D eigenvalue weighted by molar-refractivity contribution is -0.122. The Morgan fingerprint density at radius 3 is 2.51 bits per heavy atom. The van der Waals surface area contributed by atoms with E-state index in [-0.39, 0.29) is 29.4 Å². The van der Waals surface area contributed by atoms with E-state index in [1.165, 1.54) is 12.3 Å². The van der Waals surface area contributed by atoms with Gasteiger partial charge < -0.3 is 5.32 Å². The molecule has 2 aromatic heterocycles. The summed E-state index contributed by atoms with van der Waals surface area (Å²) in [6.45, 7) is 14.3. The molecule has 39 heavy (non-hydrogen) atoms. The summed E-state index contributed by atoms with van der Waals surface area (Å²) in [6, 6.07) is 2.96. The third-order valence-electron chi connectivity index (χ3n) is 6.79. The van der Waals surface area contributed by atoms with E-state index in [1.54, 1.807) is 17.3 Å². The lowest BCUT2D eigenvalue weighted by atomic mass is 10.1. The third-order valence-corrected chi connectivity index (χ3v) is 7.79. The zero-order valence-electron chi connectivity index (χ0n) is 23.3. The minimum atomic E-state index is -3.39. The van der Waals surface area contributed by atoms with Crippen LogP contribution < -0.4 is 5.32 Å². The van der Waals surface area contributed by atoms with Gasteiger partial charge in [-0.2, -0.15) is 0 Å². The smallest absolute Gasteiger partial charge is 0.295 e. The van der Waals surface area contributed by atoms with Crippen LogP contribution in [0.1, 0.15) is 75.4 Å². The maximum Gasteiger partial charge on any atom is 0.295 e. The topological polar surface area (TPSA) is 130 Å². The molecule has 2 aromatic rings. The summed E-state index contributed by atoms with van der Waals surface area (Å²) in [5.41, 5.74) is 5.29. The molecule has 0 aromatic carbocycles. The SMILES string of the molecule is C=C(/N=C1\C(=C(C)C)N=C(NCc2ccc(S(C)(=O)=O)nc2)C(=O)N1[C@@H](C)CC)c1c(C)ncnc1C1CC1. The van der Waals surface area contributed by atoms with Gasteiger partial charge in [0.15, 0.2) is 26.5 Å². The molecular formula is C28H35N7O3S. The highest BCUT2D eigenvalue weighted by atomic mass is 32.2. The Bertz CT molecular complexity index is 1500. The lowest BCUT2D eigenvalue weighted by Gasteiger charge is -2.34. The number of rotatable bonds is 8. The molecule has 1 N–H and O–H groups in total. The number of allylic oxidation sites excluding steroid dienone is 1. The van der Waals surface area contributed by atoms with Crippen LogP contribution in [0.25, 0.3) is 5.70 Å². The fraction of sp³-hybridized carbons (Fsp3) is 0.429. The number of nitrogens with one attached hydrogen (secondary N) is 1. The van der Waals surface area contributed by atoms with Gasteiger partial charge in [-0.25, -0.2) is 33.4 Å². The number of sulfone groups is 1. The number of amidine groups is 2. The van der Waals surface area contributed by atoms with Gasteiger partial charge >= 0.3 is 0 Å². The molecule has 0 bridgehead atoms. The third kappa shape index (κ3) is 6.13. The number of carbonyl (C=O) groups is 1. The van der Waals surface area contributed by atoms with Crippen molar-refractivity contribution in [3.63, 3.8) is 0 Å². The second kappa shape index (κ2) is 11.2. The number of pyridine rings is 1. The lowest BCUT2D eigenvalue weighted by Crippen LogP contribution is -2.53. The Morgan fingerprint density at radius 2 is 1.95 bits per heavy atom. The molecular weight excluding hydrogens is 514 g/mol. The standard InChI is InChI=1S/C28H35N7O3S/c1-8-17(4)35-27(33-19(6)23-18(5)31-15-32-25(23)21-10-11-21)24(16(2)3)34-26(28(35)36)30-14-20-9-12-22(29-13-20)39(7,37)38/h9,12-13,15,17,21H,6,8,10-11,14H2,1-5,7H3,(H,30,34)/b33-27+/t17-/m0/s1. The molecule has 1 amide bonds. The molecule has 0 radical (unpaired) electrons. The van der Waals surface area contributed by atoms with Gasteiger partial charge in [-0.1, -0.05) is 19.6 Å².